The van der Waals surface area contributed by atoms with Crippen LogP contribution in [0.4, 0.5) is 0 Å². The van der Waals surface area contributed by atoms with Gasteiger partial charge in [-0.25, -0.2) is 0 Å². The second-order valence-electron chi connectivity index (χ2n) is 9.87. The van der Waals surface area contributed by atoms with Gasteiger partial charge in [-0.05, 0) is 68.0 Å². The number of rotatable bonds is 6. The lowest BCUT2D eigenvalue weighted by Crippen LogP contribution is -2.51. The molecular weight excluding hydrogens is 366 g/mol. The van der Waals surface area contributed by atoms with Crippen molar-refractivity contribution in [3.8, 4) is 5.75 Å². The Morgan fingerprint density at radius 2 is 2.10 bits per heavy atom. The van der Waals surface area contributed by atoms with Crippen LogP contribution in [0.5, 0.6) is 5.75 Å². The first-order valence-corrected chi connectivity index (χ1v) is 11.2. The van der Waals surface area contributed by atoms with Gasteiger partial charge in [0.2, 0.25) is 0 Å². The highest BCUT2D eigenvalue weighted by atomic mass is 16.6. The molecule has 0 unspecified atom stereocenters. The highest BCUT2D eigenvalue weighted by Gasteiger charge is 2.64. The van der Waals surface area contributed by atoms with Crippen molar-refractivity contribution in [1.29, 1.82) is 0 Å². The molecule has 6 atom stereocenters. The molecule has 5 nitrogen and oxygen atoms in total. The summed E-state index contributed by atoms with van der Waals surface area (Å²) in [5, 5.41) is 3.52. The van der Waals surface area contributed by atoms with Gasteiger partial charge in [-0.3, -0.25) is 4.79 Å². The van der Waals surface area contributed by atoms with Gasteiger partial charge in [0.25, 0.3) is 0 Å². The first-order chi connectivity index (χ1) is 14.0. The van der Waals surface area contributed by atoms with Gasteiger partial charge < -0.3 is 19.5 Å². The quantitative estimate of drug-likeness (QED) is 0.452. The summed E-state index contributed by atoms with van der Waals surface area (Å²) in [6, 6.07) is 8.12. The molecule has 2 heterocycles. The van der Waals surface area contributed by atoms with E-state index >= 15 is 0 Å². The minimum absolute atomic E-state index is 0.00203. The minimum Gasteiger partial charge on any atom is -0.496 e. The first-order valence-electron chi connectivity index (χ1n) is 11.2. The topological polar surface area (TPSA) is 60.1 Å². The molecule has 2 saturated heterocycles. The molecule has 1 N–H and O–H groups in total. The van der Waals surface area contributed by atoms with Crippen LogP contribution in [0.25, 0.3) is 0 Å². The fourth-order valence-corrected chi connectivity index (χ4v) is 6.58. The number of para-hydroxylation sites is 1. The van der Waals surface area contributed by atoms with E-state index in [1.165, 1.54) is 24.8 Å². The Labute approximate surface area is 173 Å². The molecule has 4 aliphatic rings. The molecule has 29 heavy (non-hydrogen) atoms. The third kappa shape index (κ3) is 3.36. The molecule has 0 radical (unpaired) electrons. The SMILES string of the molecule is COc1ccccc1CCNC[C@@H]1C(=O)O[C@@H]2C[C@@]3(C)CCC[C@]4(CO4)[C@@H]3C[C@H]12. The average molecular weight is 400 g/mol. The Hall–Kier alpha value is -1.59. The predicted molar refractivity (Wildman–Crippen MR) is 110 cm³/mol. The van der Waals surface area contributed by atoms with Crippen LogP contribution in [-0.2, 0) is 20.7 Å². The number of hydrogen-bond donors (Lipinski definition) is 1. The molecule has 5 heteroatoms. The number of methoxy groups -OCH3 is 1. The summed E-state index contributed by atoms with van der Waals surface area (Å²) in [4.78, 5) is 12.7. The third-order valence-corrected chi connectivity index (χ3v) is 8.21. The summed E-state index contributed by atoms with van der Waals surface area (Å²) in [5.74, 6) is 1.81. The molecule has 158 valence electrons. The Bertz CT molecular complexity index is 776. The van der Waals surface area contributed by atoms with Crippen LogP contribution >= 0.6 is 0 Å². The number of ether oxygens (including phenoxy) is 3. The summed E-state index contributed by atoms with van der Waals surface area (Å²) >= 11 is 0. The van der Waals surface area contributed by atoms with Gasteiger partial charge in [0.1, 0.15) is 11.9 Å². The molecule has 2 saturated carbocycles. The molecular formula is C24H33NO4. The van der Waals surface area contributed by atoms with Crippen molar-refractivity contribution in [3.05, 3.63) is 29.8 Å². The average Bonchev–Trinajstić information content (AvgIpc) is 3.41. The smallest absolute Gasteiger partial charge is 0.310 e. The van der Waals surface area contributed by atoms with Gasteiger partial charge >= 0.3 is 5.97 Å². The van der Waals surface area contributed by atoms with Crippen molar-refractivity contribution in [2.24, 2.45) is 23.2 Å². The number of hydrogen-bond acceptors (Lipinski definition) is 5. The van der Waals surface area contributed by atoms with E-state index in [1.54, 1.807) is 7.11 Å². The number of carbonyl (C=O) groups is 1. The molecule has 2 aliphatic carbocycles. The van der Waals surface area contributed by atoms with Crippen LogP contribution in [-0.4, -0.2) is 44.5 Å². The first kappa shape index (κ1) is 19.4. The van der Waals surface area contributed by atoms with Crippen LogP contribution in [0.3, 0.4) is 0 Å². The zero-order valence-corrected chi connectivity index (χ0v) is 17.6. The van der Waals surface area contributed by atoms with Gasteiger partial charge in [-0.1, -0.05) is 25.1 Å². The van der Waals surface area contributed by atoms with Gasteiger partial charge in [0.15, 0.2) is 0 Å². The Balaban J connectivity index is 1.21. The zero-order chi connectivity index (χ0) is 20.1. The van der Waals surface area contributed by atoms with Crippen molar-refractivity contribution in [3.63, 3.8) is 0 Å². The van der Waals surface area contributed by atoms with Crippen molar-refractivity contribution in [2.75, 3.05) is 26.8 Å². The molecule has 1 aromatic rings. The molecule has 0 bridgehead atoms. The summed E-state index contributed by atoms with van der Waals surface area (Å²) in [7, 11) is 1.71. The van der Waals surface area contributed by atoms with Crippen LogP contribution in [0.1, 0.15) is 44.6 Å². The molecule has 4 fully saturated rings. The van der Waals surface area contributed by atoms with Crippen molar-refractivity contribution >= 4 is 5.97 Å². The molecule has 0 amide bonds. The van der Waals surface area contributed by atoms with E-state index in [9.17, 15) is 4.79 Å². The van der Waals surface area contributed by atoms with Crippen LogP contribution in [0, 0.1) is 23.2 Å². The molecule has 2 aliphatic heterocycles. The number of fused-ring (bicyclic) bond motifs is 3. The highest BCUT2D eigenvalue weighted by Crippen LogP contribution is 2.62. The Morgan fingerprint density at radius 3 is 2.90 bits per heavy atom. The standard InChI is InChI=1S/C24H33NO4/c1-23-9-5-10-24(15-28-24)21(23)12-17-18(22(26)29-20(17)13-23)14-25-11-8-16-6-3-4-7-19(16)27-2/h3-4,6-7,17-18,20-21,25H,5,8-15H2,1-2H3/t17-,18+,20-,21-,23-,24+/m1/s1. The van der Waals surface area contributed by atoms with E-state index in [2.05, 4.69) is 18.3 Å². The molecule has 5 rings (SSSR count). The maximum Gasteiger partial charge on any atom is 0.310 e. The zero-order valence-electron chi connectivity index (χ0n) is 17.6. The molecule has 0 aromatic heterocycles. The van der Waals surface area contributed by atoms with E-state index in [4.69, 9.17) is 14.2 Å². The highest BCUT2D eigenvalue weighted by molar-refractivity contribution is 5.75. The fourth-order valence-electron chi connectivity index (χ4n) is 6.58. The fraction of sp³-hybridized carbons (Fsp3) is 0.708. The number of nitrogens with one attached hydrogen (secondary N) is 1. The number of carbonyl (C=O) groups excluding carboxylic acids is 1. The number of epoxide rings is 1. The van der Waals surface area contributed by atoms with Crippen LogP contribution < -0.4 is 10.1 Å². The maximum atomic E-state index is 12.7. The largest absolute Gasteiger partial charge is 0.496 e. The number of benzene rings is 1. The Morgan fingerprint density at radius 1 is 1.28 bits per heavy atom. The van der Waals surface area contributed by atoms with E-state index in [-0.39, 0.29) is 29.0 Å². The van der Waals surface area contributed by atoms with E-state index in [0.29, 0.717) is 18.4 Å². The van der Waals surface area contributed by atoms with Crippen molar-refractivity contribution in [2.45, 2.75) is 57.2 Å². The van der Waals surface area contributed by atoms with Gasteiger partial charge in [-0.2, -0.15) is 0 Å². The van der Waals surface area contributed by atoms with E-state index in [0.717, 1.165) is 38.2 Å². The molecule has 1 spiro atoms. The summed E-state index contributed by atoms with van der Waals surface area (Å²) in [6.45, 7) is 4.85. The van der Waals surface area contributed by atoms with Crippen molar-refractivity contribution in [1.82, 2.24) is 5.32 Å². The van der Waals surface area contributed by atoms with E-state index < -0.39 is 0 Å². The van der Waals surface area contributed by atoms with E-state index in [1.807, 2.05) is 18.2 Å². The van der Waals surface area contributed by atoms with Crippen LogP contribution in [0.2, 0.25) is 0 Å². The normalized spacial score (nSPS) is 40.3. The van der Waals surface area contributed by atoms with Gasteiger partial charge in [0.05, 0.1) is 25.2 Å². The lowest BCUT2D eigenvalue weighted by molar-refractivity contribution is -0.147. The van der Waals surface area contributed by atoms with Crippen molar-refractivity contribution < 1.29 is 19.0 Å². The van der Waals surface area contributed by atoms with Gasteiger partial charge in [-0.15, -0.1) is 0 Å². The summed E-state index contributed by atoms with van der Waals surface area (Å²) in [6.07, 6.45) is 6.75. The molecule has 1 aromatic carbocycles. The third-order valence-electron chi connectivity index (χ3n) is 8.21. The lowest BCUT2D eigenvalue weighted by atomic mass is 9.53. The predicted octanol–water partition coefficient (Wildman–Crippen LogP) is 3.35. The second-order valence-corrected chi connectivity index (χ2v) is 9.87. The van der Waals surface area contributed by atoms with Gasteiger partial charge in [0, 0.05) is 12.5 Å². The minimum atomic E-state index is -0.0278. The summed E-state index contributed by atoms with van der Waals surface area (Å²) < 4.78 is 17.3. The second kappa shape index (κ2) is 7.28. The lowest BCUT2D eigenvalue weighted by Gasteiger charge is -2.51. The summed E-state index contributed by atoms with van der Waals surface area (Å²) in [5.41, 5.74) is 1.58. The monoisotopic (exact) mass is 399 g/mol. The Kier molecular flexibility index (Phi) is 4.86. The maximum absolute atomic E-state index is 12.7. The van der Waals surface area contributed by atoms with Crippen LogP contribution in [0.15, 0.2) is 24.3 Å². The number of esters is 1.